The van der Waals surface area contributed by atoms with Crippen LogP contribution in [-0.2, 0) is 0 Å². The van der Waals surface area contributed by atoms with E-state index in [1.807, 2.05) is 61.5 Å². The Balaban J connectivity index is 1.92. The first-order valence-corrected chi connectivity index (χ1v) is 8.10. The van der Waals surface area contributed by atoms with E-state index in [1.54, 1.807) is 12.1 Å². The molecule has 23 heavy (non-hydrogen) atoms. The van der Waals surface area contributed by atoms with Gasteiger partial charge in [-0.2, -0.15) is 0 Å². The average molecular weight is 370 g/mol. The largest absolute Gasteiger partial charge is 0.444 e. The molecular weight excluding hydrogens is 354 g/mol. The smallest absolute Gasteiger partial charge is 0.287 e. The van der Waals surface area contributed by atoms with Crippen LogP contribution in [0.5, 0.6) is 0 Å². The van der Waals surface area contributed by atoms with E-state index in [0.29, 0.717) is 4.67 Å². The van der Waals surface area contributed by atoms with Gasteiger partial charge in [0.05, 0.1) is 6.04 Å². The minimum atomic E-state index is -0.245. The third kappa shape index (κ3) is 3.71. The molecule has 0 aliphatic rings. The first-order chi connectivity index (χ1) is 11.1. The Bertz CT molecular complexity index is 794. The predicted molar refractivity (Wildman–Crippen MR) is 93.3 cm³/mol. The fraction of sp³-hybridized carbons (Fsp3) is 0.105. The molecule has 1 amide bonds. The molecule has 3 rings (SSSR count). The highest BCUT2D eigenvalue weighted by molar-refractivity contribution is 9.10. The van der Waals surface area contributed by atoms with Crippen molar-refractivity contribution >= 4 is 21.8 Å². The number of furan rings is 1. The molecule has 1 atom stereocenters. The highest BCUT2D eigenvalue weighted by Gasteiger charge is 2.19. The van der Waals surface area contributed by atoms with Crippen LogP contribution >= 0.6 is 15.9 Å². The zero-order chi connectivity index (χ0) is 16.2. The van der Waals surface area contributed by atoms with Crippen molar-refractivity contribution in [1.29, 1.82) is 0 Å². The number of aryl methyl sites for hydroxylation is 1. The summed E-state index contributed by atoms with van der Waals surface area (Å²) in [5.41, 5.74) is 3.23. The van der Waals surface area contributed by atoms with Crippen molar-refractivity contribution in [1.82, 2.24) is 5.32 Å². The molecule has 0 aliphatic heterocycles. The lowest BCUT2D eigenvalue weighted by Gasteiger charge is -2.19. The predicted octanol–water partition coefficient (Wildman–Crippen LogP) is 4.87. The lowest BCUT2D eigenvalue weighted by Crippen LogP contribution is -2.29. The van der Waals surface area contributed by atoms with Gasteiger partial charge in [0.1, 0.15) is 0 Å². The summed E-state index contributed by atoms with van der Waals surface area (Å²) in [6.07, 6.45) is 0. The van der Waals surface area contributed by atoms with Crippen LogP contribution < -0.4 is 5.32 Å². The molecule has 2 aromatic carbocycles. The lowest BCUT2D eigenvalue weighted by molar-refractivity contribution is 0.0913. The van der Waals surface area contributed by atoms with Gasteiger partial charge in [-0.05, 0) is 46.1 Å². The molecule has 0 fully saturated rings. The Morgan fingerprint density at radius 2 is 1.61 bits per heavy atom. The molecule has 0 aliphatic carbocycles. The first-order valence-electron chi connectivity index (χ1n) is 7.31. The third-order valence-corrected chi connectivity index (χ3v) is 4.04. The van der Waals surface area contributed by atoms with Crippen molar-refractivity contribution in [3.8, 4) is 0 Å². The summed E-state index contributed by atoms with van der Waals surface area (Å²) >= 11 is 3.22. The summed E-state index contributed by atoms with van der Waals surface area (Å²) in [5.74, 6) is 0.0371. The minimum Gasteiger partial charge on any atom is -0.444 e. The van der Waals surface area contributed by atoms with Gasteiger partial charge in [0.2, 0.25) is 0 Å². The van der Waals surface area contributed by atoms with Crippen LogP contribution in [0.4, 0.5) is 0 Å². The molecule has 1 unspecified atom stereocenters. The minimum absolute atomic E-state index is 0.229. The Labute approximate surface area is 143 Å². The highest BCUT2D eigenvalue weighted by Crippen LogP contribution is 2.23. The Morgan fingerprint density at radius 3 is 2.22 bits per heavy atom. The molecular formula is C19H16BrNO2. The van der Waals surface area contributed by atoms with Gasteiger partial charge in [-0.1, -0.05) is 60.2 Å². The summed E-state index contributed by atoms with van der Waals surface area (Å²) < 4.78 is 5.88. The number of benzene rings is 2. The Morgan fingerprint density at radius 1 is 0.957 bits per heavy atom. The van der Waals surface area contributed by atoms with Crippen molar-refractivity contribution in [3.05, 3.63) is 93.9 Å². The number of nitrogens with one attached hydrogen (secondary N) is 1. The maximum Gasteiger partial charge on any atom is 0.287 e. The van der Waals surface area contributed by atoms with Crippen LogP contribution in [0.25, 0.3) is 0 Å². The summed E-state index contributed by atoms with van der Waals surface area (Å²) in [6, 6.07) is 21.2. The van der Waals surface area contributed by atoms with Gasteiger partial charge in [0.25, 0.3) is 5.91 Å². The van der Waals surface area contributed by atoms with Crippen molar-refractivity contribution in [3.63, 3.8) is 0 Å². The monoisotopic (exact) mass is 369 g/mol. The fourth-order valence-corrected chi connectivity index (χ4v) is 2.71. The topological polar surface area (TPSA) is 42.2 Å². The van der Waals surface area contributed by atoms with Crippen LogP contribution in [0.2, 0.25) is 0 Å². The van der Waals surface area contributed by atoms with Gasteiger partial charge in [0.15, 0.2) is 10.4 Å². The molecule has 0 spiro atoms. The fourth-order valence-electron chi connectivity index (χ4n) is 2.40. The molecule has 3 aromatic rings. The maximum absolute atomic E-state index is 12.5. The van der Waals surface area contributed by atoms with Gasteiger partial charge in [-0.15, -0.1) is 0 Å². The van der Waals surface area contributed by atoms with Crippen molar-refractivity contribution in [2.45, 2.75) is 13.0 Å². The molecule has 0 saturated heterocycles. The third-order valence-electron chi connectivity index (χ3n) is 3.62. The SMILES string of the molecule is Cc1ccc(C(NC(=O)c2ccc(Br)o2)c2ccccc2)cc1. The van der Waals surface area contributed by atoms with Crippen molar-refractivity contribution in [2.75, 3.05) is 0 Å². The summed E-state index contributed by atoms with van der Waals surface area (Å²) in [7, 11) is 0. The van der Waals surface area contributed by atoms with Gasteiger partial charge in [-0.25, -0.2) is 0 Å². The zero-order valence-corrected chi connectivity index (χ0v) is 14.2. The number of carbonyl (C=O) groups excluding carboxylic acids is 1. The van der Waals surface area contributed by atoms with Crippen molar-refractivity contribution < 1.29 is 9.21 Å². The second-order valence-corrected chi connectivity index (χ2v) is 6.11. The molecule has 116 valence electrons. The molecule has 4 heteroatoms. The average Bonchev–Trinajstić information content (AvgIpc) is 3.01. The number of hydrogen-bond donors (Lipinski definition) is 1. The van der Waals surface area contributed by atoms with Gasteiger partial charge < -0.3 is 9.73 Å². The quantitative estimate of drug-likeness (QED) is 0.712. The van der Waals surface area contributed by atoms with E-state index in [4.69, 9.17) is 4.42 Å². The van der Waals surface area contributed by atoms with Crippen LogP contribution in [0.15, 0.2) is 75.8 Å². The van der Waals surface area contributed by atoms with E-state index in [9.17, 15) is 4.79 Å². The molecule has 0 radical (unpaired) electrons. The molecule has 0 saturated carbocycles. The first kappa shape index (κ1) is 15.6. The molecule has 3 nitrogen and oxygen atoms in total. The Hall–Kier alpha value is -2.33. The molecule has 0 bridgehead atoms. The lowest BCUT2D eigenvalue weighted by atomic mass is 9.97. The van der Waals surface area contributed by atoms with Crippen LogP contribution in [0.1, 0.15) is 33.3 Å². The van der Waals surface area contributed by atoms with E-state index in [-0.39, 0.29) is 17.7 Å². The normalized spacial score (nSPS) is 11.9. The Kier molecular flexibility index (Phi) is 4.63. The van der Waals surface area contributed by atoms with Gasteiger partial charge in [0, 0.05) is 0 Å². The van der Waals surface area contributed by atoms with E-state index >= 15 is 0 Å². The van der Waals surface area contributed by atoms with Crippen LogP contribution in [0.3, 0.4) is 0 Å². The van der Waals surface area contributed by atoms with Gasteiger partial charge >= 0.3 is 0 Å². The van der Waals surface area contributed by atoms with Crippen LogP contribution in [-0.4, -0.2) is 5.91 Å². The second kappa shape index (κ2) is 6.84. The zero-order valence-electron chi connectivity index (χ0n) is 12.6. The van der Waals surface area contributed by atoms with Crippen LogP contribution in [0, 0.1) is 6.92 Å². The van der Waals surface area contributed by atoms with E-state index in [0.717, 1.165) is 11.1 Å². The van der Waals surface area contributed by atoms with E-state index in [2.05, 4.69) is 21.2 Å². The summed E-state index contributed by atoms with van der Waals surface area (Å²) in [6.45, 7) is 2.04. The maximum atomic E-state index is 12.5. The highest BCUT2D eigenvalue weighted by atomic mass is 79.9. The standard InChI is InChI=1S/C19H16BrNO2/c1-13-7-9-15(10-8-13)18(14-5-3-2-4-6-14)21-19(22)16-11-12-17(20)23-16/h2-12,18H,1H3,(H,21,22). The summed E-state index contributed by atoms with van der Waals surface area (Å²) in [5, 5.41) is 3.05. The number of carbonyl (C=O) groups is 1. The number of amides is 1. The van der Waals surface area contributed by atoms with Crippen molar-refractivity contribution in [2.24, 2.45) is 0 Å². The summed E-state index contributed by atoms with van der Waals surface area (Å²) in [4.78, 5) is 12.5. The molecule has 1 aromatic heterocycles. The number of rotatable bonds is 4. The second-order valence-electron chi connectivity index (χ2n) is 5.33. The molecule has 1 N–H and O–H groups in total. The van der Waals surface area contributed by atoms with E-state index < -0.39 is 0 Å². The molecule has 1 heterocycles. The number of halogens is 1. The van der Waals surface area contributed by atoms with E-state index in [1.165, 1.54) is 5.56 Å². The number of hydrogen-bond acceptors (Lipinski definition) is 2. The van der Waals surface area contributed by atoms with Gasteiger partial charge in [-0.3, -0.25) is 4.79 Å².